The average molecular weight is 444 g/mol. The summed E-state index contributed by atoms with van der Waals surface area (Å²) in [7, 11) is 0. The number of aliphatic hydroxyl groups is 4. The van der Waals surface area contributed by atoms with Crippen LogP contribution in [-0.4, -0.2) is 61.7 Å². The molecule has 1 saturated heterocycles. The first-order valence-corrected chi connectivity index (χ1v) is 10.1. The van der Waals surface area contributed by atoms with Crippen molar-refractivity contribution in [3.63, 3.8) is 0 Å². The van der Waals surface area contributed by atoms with Crippen LogP contribution < -0.4 is 5.43 Å². The van der Waals surface area contributed by atoms with E-state index in [9.17, 15) is 35.4 Å². The van der Waals surface area contributed by atoms with Gasteiger partial charge in [-0.1, -0.05) is 0 Å². The monoisotopic (exact) mass is 444 g/mol. The van der Waals surface area contributed by atoms with Crippen molar-refractivity contribution in [1.82, 2.24) is 0 Å². The van der Waals surface area contributed by atoms with Crippen molar-refractivity contribution in [2.45, 2.75) is 44.4 Å². The first-order chi connectivity index (χ1) is 15.1. The molecule has 5 atom stereocenters. The fourth-order valence-electron chi connectivity index (χ4n) is 4.12. The Kier molecular flexibility index (Phi) is 5.70. The number of fused-ring (bicyclic) bond motifs is 1. The molecule has 0 bridgehead atoms. The van der Waals surface area contributed by atoms with Crippen molar-refractivity contribution in [2.24, 2.45) is 0 Å². The smallest absolute Gasteiger partial charge is 0.197 e. The number of aromatic hydroxyl groups is 2. The maximum Gasteiger partial charge on any atom is 0.197 e. The number of hydrogen-bond acceptors (Lipinski definition) is 9. The Hall–Kier alpha value is -2.95. The predicted molar refractivity (Wildman–Crippen MR) is 113 cm³/mol. The molecule has 170 valence electrons. The molecule has 1 aromatic heterocycles. The summed E-state index contributed by atoms with van der Waals surface area (Å²) in [4.78, 5) is 13.0. The third-order valence-electron chi connectivity index (χ3n) is 6.08. The van der Waals surface area contributed by atoms with Gasteiger partial charge in [0.25, 0.3) is 0 Å². The lowest BCUT2D eigenvalue weighted by Crippen LogP contribution is -2.55. The fraction of sp³-hybridized carbons (Fsp3) is 0.348. The fourth-order valence-corrected chi connectivity index (χ4v) is 4.12. The van der Waals surface area contributed by atoms with Crippen LogP contribution in [0.4, 0.5) is 0 Å². The lowest BCUT2D eigenvalue weighted by atomic mass is 9.86. The lowest BCUT2D eigenvalue weighted by molar-refractivity contribution is -0.232. The Balaban J connectivity index is 1.91. The zero-order valence-corrected chi connectivity index (χ0v) is 17.4. The van der Waals surface area contributed by atoms with Crippen molar-refractivity contribution in [3.05, 3.63) is 57.2 Å². The summed E-state index contributed by atoms with van der Waals surface area (Å²) in [6.07, 6.45) is -7.26. The van der Waals surface area contributed by atoms with Gasteiger partial charge in [-0.3, -0.25) is 4.79 Å². The molecule has 3 aromatic rings. The van der Waals surface area contributed by atoms with Crippen LogP contribution in [-0.2, 0) is 4.74 Å². The van der Waals surface area contributed by atoms with E-state index < -0.39 is 48.3 Å². The SMILES string of the molecule is Cc1c([C@H]2O[C@H](CO)[C@@H](O)[C@H](O)[C@H]2O)c(O)c2c(=O)cc(-c3ccc(O)cc3)oc2c1C. The number of hydrogen-bond donors (Lipinski definition) is 6. The molecule has 1 fully saturated rings. The Labute approximate surface area is 182 Å². The third kappa shape index (κ3) is 3.44. The van der Waals surface area contributed by atoms with E-state index in [4.69, 9.17) is 9.15 Å². The molecule has 2 aromatic carbocycles. The highest BCUT2D eigenvalue weighted by molar-refractivity contribution is 5.90. The van der Waals surface area contributed by atoms with Gasteiger partial charge in [-0.25, -0.2) is 0 Å². The van der Waals surface area contributed by atoms with E-state index in [0.717, 1.165) is 0 Å². The molecule has 32 heavy (non-hydrogen) atoms. The minimum atomic E-state index is -1.63. The second-order valence-corrected chi connectivity index (χ2v) is 7.99. The molecule has 0 saturated carbocycles. The van der Waals surface area contributed by atoms with Gasteiger partial charge < -0.3 is 39.8 Å². The second kappa shape index (κ2) is 8.19. The van der Waals surface area contributed by atoms with Crippen LogP contribution in [0.3, 0.4) is 0 Å². The number of phenols is 2. The van der Waals surface area contributed by atoms with Crippen LogP contribution in [0.1, 0.15) is 22.8 Å². The number of rotatable bonds is 3. The average Bonchev–Trinajstić information content (AvgIpc) is 2.77. The van der Waals surface area contributed by atoms with E-state index >= 15 is 0 Å². The summed E-state index contributed by atoms with van der Waals surface area (Å²) in [5.41, 5.74) is 1.17. The quantitative estimate of drug-likeness (QED) is 0.346. The van der Waals surface area contributed by atoms with Crippen LogP contribution in [0.15, 0.2) is 39.5 Å². The lowest BCUT2D eigenvalue weighted by Gasteiger charge is -2.41. The number of ether oxygens (including phenoxy) is 1. The van der Waals surface area contributed by atoms with Gasteiger partial charge in [-0.2, -0.15) is 0 Å². The molecular formula is C23H24O9. The normalized spacial score (nSPS) is 25.9. The molecule has 1 aliphatic heterocycles. The van der Waals surface area contributed by atoms with E-state index in [1.807, 2.05) is 0 Å². The highest BCUT2D eigenvalue weighted by atomic mass is 16.5. The van der Waals surface area contributed by atoms with E-state index in [2.05, 4.69) is 0 Å². The van der Waals surface area contributed by atoms with E-state index in [1.165, 1.54) is 18.2 Å². The summed E-state index contributed by atoms with van der Waals surface area (Å²) in [5, 5.41) is 60.6. The van der Waals surface area contributed by atoms with Gasteiger partial charge in [0.1, 0.15) is 58.7 Å². The summed E-state index contributed by atoms with van der Waals surface area (Å²) in [6.45, 7) is 2.69. The second-order valence-electron chi connectivity index (χ2n) is 7.99. The molecule has 0 spiro atoms. The Bertz CT molecular complexity index is 1210. The molecular weight excluding hydrogens is 420 g/mol. The molecule has 6 N–H and O–H groups in total. The molecule has 0 radical (unpaired) electrons. The number of phenolic OH excluding ortho intramolecular Hbond substituents is 2. The van der Waals surface area contributed by atoms with Crippen LogP contribution >= 0.6 is 0 Å². The van der Waals surface area contributed by atoms with Crippen molar-refractivity contribution < 1.29 is 39.8 Å². The number of aliphatic hydroxyl groups excluding tert-OH is 4. The van der Waals surface area contributed by atoms with Gasteiger partial charge in [-0.15, -0.1) is 0 Å². The maximum atomic E-state index is 13.0. The van der Waals surface area contributed by atoms with Crippen molar-refractivity contribution in [3.8, 4) is 22.8 Å². The molecule has 0 unspecified atom stereocenters. The topological polar surface area (TPSA) is 161 Å². The van der Waals surface area contributed by atoms with Crippen molar-refractivity contribution in [1.29, 1.82) is 0 Å². The summed E-state index contributed by atoms with van der Waals surface area (Å²) in [6, 6.07) is 7.29. The zero-order valence-electron chi connectivity index (χ0n) is 17.4. The number of benzene rings is 2. The molecule has 2 heterocycles. The maximum absolute atomic E-state index is 13.0. The Morgan fingerprint density at radius 3 is 2.22 bits per heavy atom. The first-order valence-electron chi connectivity index (χ1n) is 10.1. The van der Waals surface area contributed by atoms with Crippen molar-refractivity contribution in [2.75, 3.05) is 6.61 Å². The summed E-state index contributed by atoms with van der Waals surface area (Å²) >= 11 is 0. The van der Waals surface area contributed by atoms with E-state index in [1.54, 1.807) is 26.0 Å². The highest BCUT2D eigenvalue weighted by Gasteiger charge is 2.45. The minimum absolute atomic E-state index is 0.0609. The minimum Gasteiger partial charge on any atom is -0.508 e. The third-order valence-corrected chi connectivity index (χ3v) is 6.08. The zero-order chi connectivity index (χ0) is 23.3. The highest BCUT2D eigenvalue weighted by Crippen LogP contribution is 2.43. The van der Waals surface area contributed by atoms with Gasteiger partial charge in [-0.05, 0) is 49.2 Å². The standard InChI is InChI=1S/C23H24O9/c1-9-10(2)22-17(13(26)7-14(31-22)11-3-5-12(25)6-4-11)19(28)16(9)23-21(30)20(29)18(27)15(8-24)32-23/h3-7,15,18,20-21,23-25,27-30H,8H2,1-2H3/t15-,18-,20+,21-,23-/m1/s1. The van der Waals surface area contributed by atoms with Crippen LogP contribution in [0.5, 0.6) is 11.5 Å². The van der Waals surface area contributed by atoms with Crippen LogP contribution in [0.25, 0.3) is 22.3 Å². The summed E-state index contributed by atoms with van der Waals surface area (Å²) in [5.74, 6) is -0.172. The summed E-state index contributed by atoms with van der Waals surface area (Å²) < 4.78 is 11.5. The van der Waals surface area contributed by atoms with E-state index in [-0.39, 0.29) is 28.0 Å². The molecule has 0 amide bonds. The van der Waals surface area contributed by atoms with Gasteiger partial charge in [0.2, 0.25) is 0 Å². The van der Waals surface area contributed by atoms with Crippen molar-refractivity contribution >= 4 is 11.0 Å². The number of aryl methyl sites for hydroxylation is 1. The van der Waals surface area contributed by atoms with Crippen LogP contribution in [0, 0.1) is 13.8 Å². The largest absolute Gasteiger partial charge is 0.508 e. The van der Waals surface area contributed by atoms with Gasteiger partial charge in [0.15, 0.2) is 5.43 Å². The first kappa shape index (κ1) is 22.3. The van der Waals surface area contributed by atoms with Crippen LogP contribution in [0.2, 0.25) is 0 Å². The molecule has 9 heteroatoms. The van der Waals surface area contributed by atoms with Gasteiger partial charge in [0.05, 0.1) is 6.61 Å². The Morgan fingerprint density at radius 2 is 1.59 bits per heavy atom. The van der Waals surface area contributed by atoms with Gasteiger partial charge in [0, 0.05) is 17.2 Å². The van der Waals surface area contributed by atoms with Gasteiger partial charge >= 0.3 is 0 Å². The molecule has 4 rings (SSSR count). The predicted octanol–water partition coefficient (Wildman–Crippen LogP) is 1.00. The molecule has 0 aliphatic carbocycles. The molecule has 9 nitrogen and oxygen atoms in total. The molecule has 1 aliphatic rings. The Morgan fingerprint density at radius 1 is 0.938 bits per heavy atom. The van der Waals surface area contributed by atoms with E-state index in [0.29, 0.717) is 16.7 Å².